The number of hydrogen-bond acceptors (Lipinski definition) is 2. The van der Waals surface area contributed by atoms with E-state index in [1.807, 2.05) is 13.1 Å². The Morgan fingerprint density at radius 3 is 2.67 bits per heavy atom. The number of anilines is 1. The summed E-state index contributed by atoms with van der Waals surface area (Å²) in [5, 5.41) is 4.37. The highest BCUT2D eigenvalue weighted by Crippen LogP contribution is 2.33. The first-order chi connectivity index (χ1) is 8.68. The van der Waals surface area contributed by atoms with Crippen LogP contribution in [0, 0.1) is 12.7 Å². The normalized spacial score (nSPS) is 16.5. The van der Waals surface area contributed by atoms with E-state index in [4.69, 9.17) is 0 Å². The minimum Gasteiger partial charge on any atom is -0.367 e. The standard InChI is InChI=1S/C14H18FN3/c1-10-14(18-7-5-16-6-8-18)12-9-11(15)3-4-13(12)17(10)2/h3-4,9,16H,5-8H2,1-2H3. The summed E-state index contributed by atoms with van der Waals surface area (Å²) >= 11 is 0. The molecule has 0 radical (unpaired) electrons. The lowest BCUT2D eigenvalue weighted by atomic mass is 10.2. The molecule has 0 amide bonds. The molecule has 2 aromatic rings. The molecule has 18 heavy (non-hydrogen) atoms. The van der Waals surface area contributed by atoms with Crippen LogP contribution in [0.4, 0.5) is 10.1 Å². The number of aromatic nitrogens is 1. The van der Waals surface area contributed by atoms with Crippen molar-refractivity contribution in [2.24, 2.45) is 7.05 Å². The molecule has 0 spiro atoms. The summed E-state index contributed by atoms with van der Waals surface area (Å²) in [5.74, 6) is -0.163. The molecule has 0 unspecified atom stereocenters. The highest BCUT2D eigenvalue weighted by Gasteiger charge is 2.19. The van der Waals surface area contributed by atoms with Crippen molar-refractivity contribution in [3.8, 4) is 0 Å². The SMILES string of the molecule is Cc1c(N2CCNCC2)c2cc(F)ccc2n1C. The Hall–Kier alpha value is -1.55. The first kappa shape index (κ1) is 11.5. The summed E-state index contributed by atoms with van der Waals surface area (Å²) in [4.78, 5) is 2.35. The Labute approximate surface area is 106 Å². The molecule has 0 aliphatic carbocycles. The van der Waals surface area contributed by atoms with E-state index in [2.05, 4.69) is 21.7 Å². The molecule has 1 aliphatic rings. The van der Waals surface area contributed by atoms with Gasteiger partial charge in [0.05, 0.1) is 11.2 Å². The van der Waals surface area contributed by atoms with Crippen molar-refractivity contribution in [2.45, 2.75) is 6.92 Å². The molecule has 1 N–H and O–H groups in total. The molecule has 3 rings (SSSR count). The third-order valence-corrected chi connectivity index (χ3v) is 3.85. The highest BCUT2D eigenvalue weighted by molar-refractivity contribution is 5.95. The maximum atomic E-state index is 13.5. The molecule has 1 aromatic carbocycles. The number of nitrogens with one attached hydrogen (secondary N) is 1. The van der Waals surface area contributed by atoms with E-state index in [0.29, 0.717) is 0 Å². The topological polar surface area (TPSA) is 20.2 Å². The smallest absolute Gasteiger partial charge is 0.124 e. The lowest BCUT2D eigenvalue weighted by molar-refractivity contribution is 0.588. The van der Waals surface area contributed by atoms with Crippen molar-refractivity contribution in [3.63, 3.8) is 0 Å². The lowest BCUT2D eigenvalue weighted by Gasteiger charge is -2.29. The number of rotatable bonds is 1. The third-order valence-electron chi connectivity index (χ3n) is 3.85. The van der Waals surface area contributed by atoms with Crippen LogP contribution in [0.2, 0.25) is 0 Å². The molecule has 96 valence electrons. The van der Waals surface area contributed by atoms with Gasteiger partial charge in [-0.1, -0.05) is 0 Å². The van der Waals surface area contributed by atoms with Crippen LogP contribution < -0.4 is 10.2 Å². The van der Waals surface area contributed by atoms with Gasteiger partial charge in [0.25, 0.3) is 0 Å². The van der Waals surface area contributed by atoms with Crippen LogP contribution in [0.3, 0.4) is 0 Å². The predicted molar refractivity (Wildman–Crippen MR) is 72.7 cm³/mol. The molecule has 2 heterocycles. The second kappa shape index (κ2) is 4.28. The Balaban J connectivity index is 2.20. The van der Waals surface area contributed by atoms with Gasteiger partial charge in [-0.15, -0.1) is 0 Å². The van der Waals surface area contributed by atoms with Crippen LogP contribution >= 0.6 is 0 Å². The van der Waals surface area contributed by atoms with Gasteiger partial charge in [0, 0.05) is 44.3 Å². The van der Waals surface area contributed by atoms with Crippen molar-refractivity contribution in [1.29, 1.82) is 0 Å². The van der Waals surface area contributed by atoms with E-state index >= 15 is 0 Å². The van der Waals surface area contributed by atoms with E-state index in [1.54, 1.807) is 6.07 Å². The first-order valence-corrected chi connectivity index (χ1v) is 6.38. The van der Waals surface area contributed by atoms with E-state index in [9.17, 15) is 4.39 Å². The van der Waals surface area contributed by atoms with Crippen molar-refractivity contribution < 1.29 is 4.39 Å². The molecule has 1 aromatic heterocycles. The van der Waals surface area contributed by atoms with Gasteiger partial charge in [-0.25, -0.2) is 4.39 Å². The number of piperazine rings is 1. The van der Waals surface area contributed by atoms with Gasteiger partial charge in [-0.2, -0.15) is 0 Å². The number of fused-ring (bicyclic) bond motifs is 1. The lowest BCUT2D eigenvalue weighted by Crippen LogP contribution is -2.43. The van der Waals surface area contributed by atoms with Crippen LogP contribution in [-0.2, 0) is 7.05 Å². The molecule has 0 atom stereocenters. The Morgan fingerprint density at radius 2 is 1.94 bits per heavy atom. The molecule has 1 fully saturated rings. The average molecular weight is 247 g/mol. The molecule has 0 bridgehead atoms. The second-order valence-electron chi connectivity index (χ2n) is 4.89. The maximum Gasteiger partial charge on any atom is 0.124 e. The van der Waals surface area contributed by atoms with Crippen molar-refractivity contribution in [2.75, 3.05) is 31.1 Å². The zero-order valence-corrected chi connectivity index (χ0v) is 10.8. The fourth-order valence-electron chi connectivity index (χ4n) is 2.81. The quantitative estimate of drug-likeness (QED) is 0.832. The monoisotopic (exact) mass is 247 g/mol. The van der Waals surface area contributed by atoms with Gasteiger partial charge in [0.1, 0.15) is 5.82 Å². The number of benzene rings is 1. The number of aryl methyl sites for hydroxylation is 1. The zero-order chi connectivity index (χ0) is 12.7. The van der Waals surface area contributed by atoms with E-state index < -0.39 is 0 Å². The van der Waals surface area contributed by atoms with Gasteiger partial charge in [0.2, 0.25) is 0 Å². The molecular formula is C14H18FN3. The van der Waals surface area contributed by atoms with Crippen LogP contribution in [0.25, 0.3) is 10.9 Å². The van der Waals surface area contributed by atoms with Crippen LogP contribution in [0.15, 0.2) is 18.2 Å². The Kier molecular flexibility index (Phi) is 2.74. The zero-order valence-electron chi connectivity index (χ0n) is 10.8. The van der Waals surface area contributed by atoms with Crippen molar-refractivity contribution >= 4 is 16.6 Å². The summed E-state index contributed by atoms with van der Waals surface area (Å²) in [6.45, 7) is 6.05. The average Bonchev–Trinajstić information content (AvgIpc) is 2.63. The van der Waals surface area contributed by atoms with Crippen LogP contribution in [0.1, 0.15) is 5.69 Å². The minimum absolute atomic E-state index is 0.163. The molecule has 0 saturated carbocycles. The highest BCUT2D eigenvalue weighted by atomic mass is 19.1. The number of nitrogens with zero attached hydrogens (tertiary/aromatic N) is 2. The Bertz CT molecular complexity index is 582. The van der Waals surface area contributed by atoms with Crippen molar-refractivity contribution in [3.05, 3.63) is 29.7 Å². The van der Waals surface area contributed by atoms with Crippen molar-refractivity contribution in [1.82, 2.24) is 9.88 Å². The molecule has 1 saturated heterocycles. The van der Waals surface area contributed by atoms with E-state index in [0.717, 1.165) is 37.1 Å². The first-order valence-electron chi connectivity index (χ1n) is 6.38. The minimum atomic E-state index is -0.163. The van der Waals surface area contributed by atoms with Crippen LogP contribution in [-0.4, -0.2) is 30.7 Å². The molecule has 1 aliphatic heterocycles. The summed E-state index contributed by atoms with van der Waals surface area (Å²) in [6, 6.07) is 5.05. The number of halogens is 1. The summed E-state index contributed by atoms with van der Waals surface area (Å²) in [5.41, 5.74) is 3.49. The van der Waals surface area contributed by atoms with Crippen LogP contribution in [0.5, 0.6) is 0 Å². The predicted octanol–water partition coefficient (Wildman–Crippen LogP) is 2.04. The summed E-state index contributed by atoms with van der Waals surface area (Å²) in [7, 11) is 2.04. The van der Waals surface area contributed by atoms with E-state index in [-0.39, 0.29) is 5.82 Å². The molecular weight excluding hydrogens is 229 g/mol. The van der Waals surface area contributed by atoms with E-state index in [1.165, 1.54) is 17.4 Å². The third kappa shape index (κ3) is 1.68. The summed E-state index contributed by atoms with van der Waals surface area (Å²) < 4.78 is 15.6. The fraction of sp³-hybridized carbons (Fsp3) is 0.429. The van der Waals surface area contributed by atoms with Gasteiger partial charge in [-0.05, 0) is 25.1 Å². The van der Waals surface area contributed by atoms with Gasteiger partial charge >= 0.3 is 0 Å². The Morgan fingerprint density at radius 1 is 1.22 bits per heavy atom. The van der Waals surface area contributed by atoms with Gasteiger partial charge in [-0.3, -0.25) is 0 Å². The van der Waals surface area contributed by atoms with Gasteiger partial charge < -0.3 is 14.8 Å². The summed E-state index contributed by atoms with van der Waals surface area (Å²) in [6.07, 6.45) is 0. The maximum absolute atomic E-state index is 13.5. The largest absolute Gasteiger partial charge is 0.367 e. The number of hydrogen-bond donors (Lipinski definition) is 1. The molecule has 3 nitrogen and oxygen atoms in total. The fourth-order valence-corrected chi connectivity index (χ4v) is 2.81. The van der Waals surface area contributed by atoms with Gasteiger partial charge in [0.15, 0.2) is 0 Å². The second-order valence-corrected chi connectivity index (χ2v) is 4.89. The molecule has 4 heteroatoms.